The second kappa shape index (κ2) is 45.9. The van der Waals surface area contributed by atoms with Crippen molar-refractivity contribution in [1.82, 2.24) is 9.97 Å². The number of hydrogen-bond acceptors (Lipinski definition) is 2. The molecule has 12 aromatic rings. The Labute approximate surface area is 683 Å². The molecular formula is C110H144N2. The second-order valence-corrected chi connectivity index (χ2v) is 28.6. The van der Waals surface area contributed by atoms with E-state index in [1.807, 2.05) is 109 Å². The molecule has 5 aliphatic rings. The lowest BCUT2D eigenvalue weighted by molar-refractivity contribution is 0.940. The van der Waals surface area contributed by atoms with Gasteiger partial charge in [0, 0.05) is 34.0 Å². The van der Waals surface area contributed by atoms with Crippen molar-refractivity contribution in [3.63, 3.8) is 0 Å². The number of nitrogens with zero attached hydrogens (tertiary/aromatic N) is 2. The maximum Gasteiger partial charge on any atom is 0.0708 e. The van der Waals surface area contributed by atoms with Gasteiger partial charge >= 0.3 is 0 Å². The Morgan fingerprint density at radius 2 is 0.661 bits per heavy atom. The molecule has 2 aromatic heterocycles. The summed E-state index contributed by atoms with van der Waals surface area (Å²) in [5.41, 5.74) is 52.0. The van der Waals surface area contributed by atoms with Crippen LogP contribution in [0.5, 0.6) is 0 Å². The number of pyridine rings is 2. The quantitative estimate of drug-likeness (QED) is 0.151. The minimum absolute atomic E-state index is 0.547. The Balaban J connectivity index is 0.000000269. The number of aromatic nitrogens is 2. The number of allylic oxidation sites excluding steroid dienone is 3. The number of benzene rings is 10. The monoisotopic (exact) mass is 1490 g/mol. The lowest BCUT2D eigenvalue weighted by Gasteiger charge is -2.11. The first-order chi connectivity index (χ1) is 53.9. The fourth-order valence-corrected chi connectivity index (χ4v) is 15.7. The van der Waals surface area contributed by atoms with Crippen LogP contribution in [0.4, 0.5) is 0 Å². The minimum atomic E-state index is 0.547. The van der Waals surface area contributed by atoms with Gasteiger partial charge < -0.3 is 0 Å². The molecule has 0 saturated heterocycles. The summed E-state index contributed by atoms with van der Waals surface area (Å²) in [7, 11) is 0. The Kier molecular flexibility index (Phi) is 38.9. The van der Waals surface area contributed by atoms with Gasteiger partial charge in [0.2, 0.25) is 0 Å². The second-order valence-electron chi connectivity index (χ2n) is 28.6. The molecule has 17 rings (SSSR count). The molecule has 0 bridgehead atoms. The normalized spacial score (nSPS) is 12.5. The highest BCUT2D eigenvalue weighted by Gasteiger charge is 2.29. The topological polar surface area (TPSA) is 25.8 Å². The first-order valence-corrected chi connectivity index (χ1v) is 42.6. The van der Waals surface area contributed by atoms with Gasteiger partial charge in [0.1, 0.15) is 0 Å². The van der Waals surface area contributed by atoms with Crippen molar-refractivity contribution in [2.75, 3.05) is 0 Å². The average molecular weight is 1490 g/mol. The zero-order valence-corrected chi connectivity index (χ0v) is 76.6. The van der Waals surface area contributed by atoms with Crippen LogP contribution in [-0.4, -0.2) is 9.97 Å². The molecule has 10 aromatic carbocycles. The summed E-state index contributed by atoms with van der Waals surface area (Å²) in [4.78, 5) is 9.07. The molecule has 2 heteroatoms. The van der Waals surface area contributed by atoms with Crippen LogP contribution in [0.3, 0.4) is 0 Å². The van der Waals surface area contributed by atoms with Crippen molar-refractivity contribution in [3.05, 3.63) is 338 Å². The lowest BCUT2D eigenvalue weighted by atomic mass is 9.93. The van der Waals surface area contributed by atoms with Crippen molar-refractivity contribution in [3.8, 4) is 33.4 Å². The van der Waals surface area contributed by atoms with Crippen LogP contribution >= 0.6 is 0 Å². The van der Waals surface area contributed by atoms with E-state index in [0.29, 0.717) is 11.8 Å². The maximum absolute atomic E-state index is 4.54. The van der Waals surface area contributed by atoms with E-state index in [1.165, 1.54) is 194 Å². The van der Waals surface area contributed by atoms with E-state index in [-0.39, 0.29) is 0 Å². The third-order valence-corrected chi connectivity index (χ3v) is 22.9. The van der Waals surface area contributed by atoms with Gasteiger partial charge in [-0.15, -0.1) is 0 Å². The van der Waals surface area contributed by atoms with Crippen LogP contribution in [0.25, 0.3) is 66.8 Å². The average Bonchev–Trinajstić information content (AvgIpc) is 1.60. The molecule has 0 aliphatic heterocycles. The van der Waals surface area contributed by atoms with Gasteiger partial charge in [-0.25, -0.2) is 0 Å². The van der Waals surface area contributed by atoms with E-state index < -0.39 is 0 Å². The summed E-state index contributed by atoms with van der Waals surface area (Å²) >= 11 is 0. The van der Waals surface area contributed by atoms with E-state index >= 15 is 0 Å². The number of para-hydroxylation sites is 2. The molecule has 2 nitrogen and oxygen atoms in total. The van der Waals surface area contributed by atoms with Crippen LogP contribution < -0.4 is 0 Å². The van der Waals surface area contributed by atoms with Crippen LogP contribution in [0.1, 0.15) is 286 Å². The summed E-state index contributed by atoms with van der Waals surface area (Å²) in [6.07, 6.45) is 10.2. The molecule has 2 unspecified atom stereocenters. The van der Waals surface area contributed by atoms with E-state index in [2.05, 4.69) is 331 Å². The molecule has 0 fully saturated rings. The highest BCUT2D eigenvalue weighted by molar-refractivity contribution is 5.86. The molecule has 0 saturated carbocycles. The molecule has 0 amide bonds. The Bertz CT molecular complexity index is 4930. The fourth-order valence-electron chi connectivity index (χ4n) is 15.7. The minimum Gasteiger partial charge on any atom is -0.253 e. The summed E-state index contributed by atoms with van der Waals surface area (Å²) in [6, 6.07) is 61.1. The smallest absolute Gasteiger partial charge is 0.0708 e. The van der Waals surface area contributed by atoms with E-state index in [9.17, 15) is 0 Å². The molecule has 0 N–H and O–H groups in total. The Morgan fingerprint density at radius 1 is 0.277 bits per heavy atom. The predicted octanol–water partition coefficient (Wildman–Crippen LogP) is 33.0. The summed E-state index contributed by atoms with van der Waals surface area (Å²) in [5.74, 6) is 1.09. The van der Waals surface area contributed by atoms with E-state index in [0.717, 1.165) is 41.7 Å². The number of hydrogen-bond donors (Lipinski definition) is 0. The summed E-state index contributed by atoms with van der Waals surface area (Å²) in [6.45, 7) is 74.2. The van der Waals surface area contributed by atoms with Crippen molar-refractivity contribution < 1.29 is 0 Å². The summed E-state index contributed by atoms with van der Waals surface area (Å²) in [5, 5.41) is 2.54. The summed E-state index contributed by atoms with van der Waals surface area (Å²) < 4.78 is 0. The molecule has 594 valence electrons. The highest BCUT2D eigenvalue weighted by Crippen LogP contribution is 2.48. The highest BCUT2D eigenvalue weighted by atomic mass is 14.7. The standard InChI is InChI=1S/3C16H16.2C12H13N.2C12H14.7C2H6/c1-10-8-14-9-13-6-4-5-7-15(13)16(14)12(3)11(10)2;2*1-10-8-9-15-14-7-5-4-6-13(14)12(3)16(15)11(10)2;2*1-8-9(2)11-6-4-5-7-12(11)13-10(8)3;1-8-4-6-11-7-5-9(2)12(11)10(8)3;1-8-7-11-5-4-6-12(11)10(3)9(8)2;7*1-2/h4-8H,9H2,1-3H3;2*4-9,12H,1-3H3;2*4-7H,1-3H3;4-6H,7H2,1-3H3;4,6-7H,5H2,1-3H3;7*1-2H3. The molecule has 0 radical (unpaired) electrons. The molecule has 0 spiro atoms. The van der Waals surface area contributed by atoms with Gasteiger partial charge in [0.15, 0.2) is 0 Å². The molecule has 2 atom stereocenters. The third-order valence-electron chi connectivity index (χ3n) is 22.9. The van der Waals surface area contributed by atoms with Gasteiger partial charge in [-0.1, -0.05) is 287 Å². The fraction of sp³-hybridized carbons (Fsp3) is 0.364. The molecular weight excluding hydrogens is 1350 g/mol. The van der Waals surface area contributed by atoms with Gasteiger partial charge in [-0.2, -0.15) is 0 Å². The van der Waals surface area contributed by atoms with Crippen LogP contribution in [0, 0.1) is 125 Å². The third kappa shape index (κ3) is 21.4. The Hall–Kier alpha value is -9.50. The van der Waals surface area contributed by atoms with E-state index in [1.54, 1.807) is 0 Å². The van der Waals surface area contributed by atoms with Crippen LogP contribution in [-0.2, 0) is 19.3 Å². The van der Waals surface area contributed by atoms with Crippen molar-refractivity contribution in [2.24, 2.45) is 0 Å². The zero-order chi connectivity index (χ0) is 84.1. The first kappa shape index (κ1) is 94.9. The zero-order valence-electron chi connectivity index (χ0n) is 76.6. The number of aryl methyl sites for hydroxylation is 9. The Morgan fingerprint density at radius 3 is 1.12 bits per heavy atom. The van der Waals surface area contributed by atoms with Crippen molar-refractivity contribution in [1.29, 1.82) is 0 Å². The molecule has 5 aliphatic carbocycles. The van der Waals surface area contributed by atoms with Gasteiger partial charge in [-0.05, 0) is 347 Å². The van der Waals surface area contributed by atoms with Crippen molar-refractivity contribution >= 4 is 33.5 Å². The predicted molar refractivity (Wildman–Crippen MR) is 505 cm³/mol. The van der Waals surface area contributed by atoms with Gasteiger partial charge in [0.25, 0.3) is 0 Å². The van der Waals surface area contributed by atoms with Crippen molar-refractivity contribution in [2.45, 2.75) is 273 Å². The van der Waals surface area contributed by atoms with Crippen LogP contribution in [0.15, 0.2) is 182 Å². The maximum atomic E-state index is 4.54. The van der Waals surface area contributed by atoms with E-state index in [4.69, 9.17) is 0 Å². The van der Waals surface area contributed by atoms with Crippen LogP contribution in [0.2, 0.25) is 0 Å². The molecule has 2 heterocycles. The first-order valence-electron chi connectivity index (χ1n) is 42.6. The number of rotatable bonds is 0. The largest absolute Gasteiger partial charge is 0.253 e. The lowest BCUT2D eigenvalue weighted by Crippen LogP contribution is -1.94. The SMILES string of the molecule is CC.CC.CC.CC.CC.CC.CC.CC1=CCc2ccc(C)c(C)c21.Cc1cc2c(c(C)c1C)-c1ccccc1C2.Cc1cc2c(c(C)c1C)C=CC2.Cc1ccc2c(c1C)C(C)c1ccccc1-2.Cc1ccc2c(c1C)C(C)c1ccccc1-2.Cc1nc2ccccc2c(C)c1C.Cc1nc2ccccc2c(C)c1C. The van der Waals surface area contributed by atoms with Gasteiger partial charge in [0.05, 0.1) is 11.0 Å². The van der Waals surface area contributed by atoms with Gasteiger partial charge in [-0.3, -0.25) is 9.97 Å². The number of fused-ring (bicyclic) bond motifs is 13. The molecule has 112 heavy (non-hydrogen) atoms.